The summed E-state index contributed by atoms with van der Waals surface area (Å²) < 4.78 is 54.4. The number of halogens is 4. The van der Waals surface area contributed by atoms with E-state index < -0.39 is 24.6 Å². The molecule has 0 saturated carbocycles. The average molecular weight is 482 g/mol. The monoisotopic (exact) mass is 482 g/mol. The zero-order valence-corrected chi connectivity index (χ0v) is 17.7. The third-order valence-corrected chi connectivity index (χ3v) is 3.89. The number of hydrazine groups is 2. The molecule has 16 heteroatoms. The largest absolute Gasteiger partial charge is 0.415 e. The molecular weight excluding hydrogens is 464 g/mol. The highest BCUT2D eigenvalue weighted by Gasteiger charge is 2.20. The molecule has 3 N–H and O–H groups in total. The second-order valence-corrected chi connectivity index (χ2v) is 6.11. The van der Waals surface area contributed by atoms with Crippen LogP contribution < -0.4 is 16.3 Å². The number of rotatable bonds is 7. The Morgan fingerprint density at radius 2 is 1.76 bits per heavy atom. The molecule has 4 rings (SSSR count). The molecule has 0 aromatic carbocycles. The van der Waals surface area contributed by atoms with Crippen LogP contribution in [-0.4, -0.2) is 48.4 Å². The van der Waals surface area contributed by atoms with Gasteiger partial charge < -0.3 is 9.73 Å². The van der Waals surface area contributed by atoms with E-state index in [9.17, 15) is 22.4 Å². The Bertz CT molecular complexity index is 1120. The van der Waals surface area contributed by atoms with Gasteiger partial charge in [-0.15, -0.1) is 20.4 Å². The minimum Gasteiger partial charge on any atom is -0.415 e. The zero-order valence-electron chi connectivity index (χ0n) is 17.7. The van der Waals surface area contributed by atoms with Crippen LogP contribution in [0.15, 0.2) is 40.2 Å². The van der Waals surface area contributed by atoms with Crippen molar-refractivity contribution >= 4 is 17.6 Å². The fraction of sp³-hybridized carbons (Fsp3) is 0.278. The maximum absolute atomic E-state index is 12.5. The second-order valence-electron chi connectivity index (χ2n) is 6.11. The molecule has 3 aromatic heterocycles. The number of aromatic nitrogens is 5. The number of amides is 1. The third kappa shape index (κ3) is 5.97. The summed E-state index contributed by atoms with van der Waals surface area (Å²) in [6, 6.07) is 2.87. The number of amidine groups is 1. The molecule has 1 aliphatic rings. The van der Waals surface area contributed by atoms with Crippen molar-refractivity contribution in [2.24, 2.45) is 5.10 Å². The molecule has 0 atom stereocenters. The summed E-state index contributed by atoms with van der Waals surface area (Å²) in [4.78, 5) is 23.1. The number of nitrogens with one attached hydrogen (secondary N) is 3. The summed E-state index contributed by atoms with van der Waals surface area (Å²) in [5.74, 6) is -1.69. The lowest BCUT2D eigenvalue weighted by Crippen LogP contribution is -2.41. The standard InChI is InChI=1S/C16H12F4N10O2.C2H6/c17-11(18)14(31)24-9-2-1-7(3-21-9)13-25-29-30(28-13)6-10-22-4-8(5-23-10)15-26-27-16(32-15)12(19)20;1-2/h1-5,11-12,29H,6H2,(H,25,28)(H,21,24,31);1-2H3. The van der Waals surface area contributed by atoms with Crippen LogP contribution in [-0.2, 0) is 11.3 Å². The van der Waals surface area contributed by atoms with Gasteiger partial charge in [-0.3, -0.25) is 10.2 Å². The van der Waals surface area contributed by atoms with Gasteiger partial charge in [-0.1, -0.05) is 13.8 Å². The average Bonchev–Trinajstić information content (AvgIpc) is 3.52. The predicted molar refractivity (Wildman–Crippen MR) is 109 cm³/mol. The van der Waals surface area contributed by atoms with Crippen LogP contribution >= 0.6 is 0 Å². The van der Waals surface area contributed by atoms with Gasteiger partial charge in [-0.05, 0) is 12.1 Å². The first kappa shape index (κ1) is 24.4. The molecule has 0 bridgehead atoms. The summed E-state index contributed by atoms with van der Waals surface area (Å²) in [5, 5.41) is 14.2. The third-order valence-electron chi connectivity index (χ3n) is 3.89. The molecule has 0 aliphatic carbocycles. The van der Waals surface area contributed by atoms with Gasteiger partial charge in [0.1, 0.15) is 18.2 Å². The lowest BCUT2D eigenvalue weighted by Gasteiger charge is -2.14. The van der Waals surface area contributed by atoms with Gasteiger partial charge in [0.15, 0.2) is 5.84 Å². The SMILES string of the molecule is CC.O=C(Nc1ccc(C2=NNN(Cc3ncc(-c4nnc(C(F)F)o4)cn3)N2)cn1)C(F)F. The minimum absolute atomic E-state index is 0.0298. The highest BCUT2D eigenvalue weighted by atomic mass is 19.3. The predicted octanol–water partition coefficient (Wildman–Crippen LogP) is 2.28. The number of carbonyl (C=O) groups excluding carboxylic acids is 1. The van der Waals surface area contributed by atoms with E-state index in [4.69, 9.17) is 4.42 Å². The first-order chi connectivity index (χ1) is 16.4. The molecule has 34 heavy (non-hydrogen) atoms. The fourth-order valence-electron chi connectivity index (χ4n) is 2.41. The Morgan fingerprint density at radius 1 is 1.06 bits per heavy atom. The smallest absolute Gasteiger partial charge is 0.315 e. The Morgan fingerprint density at radius 3 is 2.35 bits per heavy atom. The van der Waals surface area contributed by atoms with Crippen molar-refractivity contribution in [3.63, 3.8) is 0 Å². The van der Waals surface area contributed by atoms with Gasteiger partial charge >= 0.3 is 12.9 Å². The van der Waals surface area contributed by atoms with Crippen molar-refractivity contribution in [3.05, 3.63) is 48.0 Å². The number of pyridine rings is 1. The van der Waals surface area contributed by atoms with Crippen molar-refractivity contribution in [2.45, 2.75) is 33.2 Å². The van der Waals surface area contributed by atoms with Crippen molar-refractivity contribution in [2.75, 3.05) is 5.32 Å². The molecule has 4 heterocycles. The summed E-state index contributed by atoms with van der Waals surface area (Å²) in [6.45, 7) is 4.15. The van der Waals surface area contributed by atoms with Crippen molar-refractivity contribution in [3.8, 4) is 11.5 Å². The van der Waals surface area contributed by atoms with Gasteiger partial charge in [0.2, 0.25) is 0 Å². The molecule has 3 aromatic rings. The van der Waals surface area contributed by atoms with Crippen LogP contribution in [0.1, 0.15) is 37.6 Å². The van der Waals surface area contributed by atoms with E-state index in [0.717, 1.165) is 0 Å². The van der Waals surface area contributed by atoms with E-state index in [1.807, 2.05) is 19.2 Å². The number of hydrazone groups is 1. The van der Waals surface area contributed by atoms with Crippen LogP contribution in [0.4, 0.5) is 23.4 Å². The molecular formula is C18H18F4N10O2. The Balaban J connectivity index is 0.00000158. The molecule has 0 radical (unpaired) electrons. The van der Waals surface area contributed by atoms with Gasteiger partial charge in [0, 0.05) is 24.2 Å². The van der Waals surface area contributed by atoms with Crippen LogP contribution in [0.3, 0.4) is 0 Å². The highest BCUT2D eigenvalue weighted by Crippen LogP contribution is 2.22. The van der Waals surface area contributed by atoms with E-state index >= 15 is 0 Å². The maximum atomic E-state index is 12.5. The Hall–Kier alpha value is -4.21. The first-order valence-corrected chi connectivity index (χ1v) is 9.75. The van der Waals surface area contributed by atoms with Crippen molar-refractivity contribution in [1.29, 1.82) is 0 Å². The molecule has 12 nitrogen and oxygen atoms in total. The topological polar surface area (TPSA) is 146 Å². The normalized spacial score (nSPS) is 13.1. The quantitative estimate of drug-likeness (QED) is 0.429. The minimum atomic E-state index is -3.14. The number of anilines is 1. The van der Waals surface area contributed by atoms with Crippen LogP contribution in [0.2, 0.25) is 0 Å². The second kappa shape index (κ2) is 11.1. The van der Waals surface area contributed by atoms with E-state index in [2.05, 4.69) is 41.2 Å². The van der Waals surface area contributed by atoms with Gasteiger partial charge in [0.25, 0.3) is 17.7 Å². The molecule has 1 aliphatic heterocycles. The number of nitrogens with zero attached hydrogens (tertiary/aromatic N) is 7. The van der Waals surface area contributed by atoms with Crippen molar-refractivity contribution in [1.82, 2.24) is 41.2 Å². The molecule has 180 valence electrons. The number of hydrogen-bond acceptors (Lipinski definition) is 11. The molecule has 1 amide bonds. The van der Waals surface area contributed by atoms with Crippen molar-refractivity contribution < 1.29 is 26.8 Å². The van der Waals surface area contributed by atoms with Crippen LogP contribution in [0.5, 0.6) is 0 Å². The van der Waals surface area contributed by atoms with Crippen LogP contribution in [0.25, 0.3) is 11.5 Å². The lowest BCUT2D eigenvalue weighted by molar-refractivity contribution is -0.126. The molecule has 0 saturated heterocycles. The van der Waals surface area contributed by atoms with Gasteiger partial charge in [0.05, 0.1) is 5.56 Å². The van der Waals surface area contributed by atoms with Gasteiger partial charge in [-0.2, -0.15) is 17.6 Å². The zero-order chi connectivity index (χ0) is 24.7. The van der Waals surface area contributed by atoms with E-state index in [-0.39, 0.29) is 23.8 Å². The van der Waals surface area contributed by atoms with E-state index in [1.54, 1.807) is 0 Å². The molecule has 0 spiro atoms. The summed E-state index contributed by atoms with van der Waals surface area (Å²) in [5.41, 5.74) is 6.39. The first-order valence-electron chi connectivity index (χ1n) is 9.75. The number of hydrogen-bond donors (Lipinski definition) is 3. The lowest BCUT2D eigenvalue weighted by atomic mass is 10.2. The summed E-state index contributed by atoms with van der Waals surface area (Å²) in [7, 11) is 0. The number of carbonyl (C=O) groups is 1. The summed E-state index contributed by atoms with van der Waals surface area (Å²) in [6.07, 6.45) is -1.99. The van der Waals surface area contributed by atoms with Crippen LogP contribution in [0, 0.1) is 0 Å². The van der Waals surface area contributed by atoms with E-state index in [0.29, 0.717) is 17.2 Å². The molecule has 0 fully saturated rings. The highest BCUT2D eigenvalue weighted by molar-refractivity contribution is 5.99. The Kier molecular flexibility index (Phi) is 7.96. The fourth-order valence-corrected chi connectivity index (χ4v) is 2.41. The van der Waals surface area contributed by atoms with E-state index in [1.165, 1.54) is 35.8 Å². The Labute approximate surface area is 189 Å². The maximum Gasteiger partial charge on any atom is 0.315 e. The van der Waals surface area contributed by atoms with Gasteiger partial charge in [-0.25, -0.2) is 20.5 Å². The summed E-state index contributed by atoms with van der Waals surface area (Å²) >= 11 is 0. The number of alkyl halides is 4. The molecule has 0 unspecified atom stereocenters.